The molecule has 0 bridgehead atoms. The molecule has 0 aromatic rings. The molecule has 4 N–H and O–H groups in total. The molecule has 5 aliphatic rings. The zero-order valence-corrected chi connectivity index (χ0v) is 64.4. The largest absolute Gasteiger partial charge is 0.356 e. The molecule has 98 heavy (non-hydrogen) atoms. The highest BCUT2D eigenvalue weighted by atomic mass is 16.2. The summed E-state index contributed by atoms with van der Waals surface area (Å²) < 4.78 is 0. The van der Waals surface area contributed by atoms with Crippen molar-refractivity contribution in [3.05, 3.63) is 0 Å². The molecule has 9 amide bonds. The zero-order valence-electron chi connectivity index (χ0n) is 64.4. The predicted molar refractivity (Wildman–Crippen MR) is 399 cm³/mol. The van der Waals surface area contributed by atoms with Crippen LogP contribution in [0.5, 0.6) is 0 Å². The van der Waals surface area contributed by atoms with Crippen molar-refractivity contribution in [3.8, 4) is 0 Å². The number of carbonyl (C=O) groups excluding carboxylic acids is 10. The van der Waals surface area contributed by atoms with Crippen molar-refractivity contribution >= 4 is 58.9 Å². The van der Waals surface area contributed by atoms with Crippen LogP contribution in [0.4, 0.5) is 0 Å². The van der Waals surface area contributed by atoms with Gasteiger partial charge in [-0.05, 0) is 64.7 Å². The van der Waals surface area contributed by atoms with Crippen LogP contribution in [0.15, 0.2) is 0 Å². The molecule has 5 saturated heterocycles. The number of Topliss-reactive ketones (excluding diaryl/α,β-unsaturated/α-hetero) is 1. The van der Waals surface area contributed by atoms with Crippen LogP contribution in [-0.2, 0) is 47.9 Å². The van der Waals surface area contributed by atoms with Gasteiger partial charge in [0.05, 0.1) is 23.7 Å². The van der Waals surface area contributed by atoms with Gasteiger partial charge in [-0.3, -0.25) is 47.9 Å². The van der Waals surface area contributed by atoms with Gasteiger partial charge in [-0.2, -0.15) is 0 Å². The van der Waals surface area contributed by atoms with Crippen LogP contribution in [0.25, 0.3) is 0 Å². The second kappa shape index (κ2) is 59.6. The number of unbranched alkanes of at least 4 members (excludes halogenated alkanes) is 25. The van der Waals surface area contributed by atoms with E-state index in [-0.39, 0.29) is 82.8 Å². The lowest BCUT2D eigenvalue weighted by Gasteiger charge is -2.16. The molecule has 568 valence electrons. The van der Waals surface area contributed by atoms with Gasteiger partial charge in [-0.1, -0.05) is 223 Å². The van der Waals surface area contributed by atoms with E-state index >= 15 is 0 Å². The van der Waals surface area contributed by atoms with E-state index < -0.39 is 0 Å². The Morgan fingerprint density at radius 3 is 0.786 bits per heavy atom. The molecule has 0 spiro atoms. The Balaban J connectivity index is 0.000000614. The molecule has 5 rings (SSSR count). The van der Waals surface area contributed by atoms with Gasteiger partial charge in [0.2, 0.25) is 53.2 Å². The summed E-state index contributed by atoms with van der Waals surface area (Å²) in [6, 6.07) is 0. The number of rotatable bonds is 49. The molecular formula is C79H147N9O10. The van der Waals surface area contributed by atoms with Crippen molar-refractivity contribution in [2.75, 3.05) is 91.6 Å². The first kappa shape index (κ1) is 90.9. The summed E-state index contributed by atoms with van der Waals surface area (Å²) in [4.78, 5) is 128. The first-order chi connectivity index (χ1) is 47.4. The Morgan fingerprint density at radius 2 is 0.490 bits per heavy atom. The predicted octanol–water partition coefficient (Wildman–Crippen LogP) is 14.1. The third-order valence-corrected chi connectivity index (χ3v) is 19.6. The minimum atomic E-state index is -0.131. The number of hydrogen-bond acceptors (Lipinski definition) is 10. The molecular weight excluding hydrogens is 1230 g/mol. The number of likely N-dealkylation sites (tertiary alicyclic amines) is 5. The summed E-state index contributed by atoms with van der Waals surface area (Å²) in [6.45, 7) is 31.5. The molecule has 0 aliphatic carbocycles. The average Bonchev–Trinajstić information content (AvgIpc) is 1.80. The second-order valence-corrected chi connectivity index (χ2v) is 28.5. The van der Waals surface area contributed by atoms with E-state index in [1.807, 2.05) is 26.5 Å². The van der Waals surface area contributed by atoms with Crippen LogP contribution in [0.2, 0.25) is 0 Å². The maximum Gasteiger partial charge on any atom is 0.225 e. The highest BCUT2D eigenvalue weighted by Crippen LogP contribution is 2.24. The first-order valence-corrected chi connectivity index (χ1v) is 40.5. The SMILES string of the molecule is CCCCCCCC(=O)C1CC(=O)N(CCC)C1.CCCCCCCN1CC(C(=O)NCCCCCC)CC1=O.CCCCCCNC(=O)C1CC(=O)N(CC)C1.CCCCCCNC(=O)C1CC(=O)N(CCCCC)C1.CCCCCCNC(=O)C1CC(=O)N(CCCCCC)C1. The van der Waals surface area contributed by atoms with Crippen LogP contribution < -0.4 is 21.3 Å². The zero-order chi connectivity index (χ0) is 72.6. The summed E-state index contributed by atoms with van der Waals surface area (Å²) >= 11 is 0. The van der Waals surface area contributed by atoms with Gasteiger partial charge in [0, 0.05) is 136 Å². The summed E-state index contributed by atoms with van der Waals surface area (Å²) in [5.41, 5.74) is 0. The van der Waals surface area contributed by atoms with Gasteiger partial charge in [-0.25, -0.2) is 0 Å². The van der Waals surface area contributed by atoms with Crippen LogP contribution >= 0.6 is 0 Å². The van der Waals surface area contributed by atoms with Crippen molar-refractivity contribution in [1.29, 1.82) is 0 Å². The smallest absolute Gasteiger partial charge is 0.225 e. The van der Waals surface area contributed by atoms with E-state index in [1.54, 1.807) is 4.90 Å². The number of ketones is 1. The van der Waals surface area contributed by atoms with Crippen molar-refractivity contribution in [3.63, 3.8) is 0 Å². The average molecular weight is 1380 g/mol. The lowest BCUT2D eigenvalue weighted by atomic mass is 9.98. The number of nitrogens with zero attached hydrogens (tertiary/aromatic N) is 5. The maximum absolute atomic E-state index is 12.1. The summed E-state index contributed by atoms with van der Waals surface area (Å²) in [6.07, 6.45) is 42.2. The van der Waals surface area contributed by atoms with Crippen LogP contribution in [0, 0.1) is 29.6 Å². The van der Waals surface area contributed by atoms with Crippen molar-refractivity contribution in [1.82, 2.24) is 45.8 Å². The fraction of sp³-hybridized carbons (Fsp3) is 0.873. The Bertz CT molecular complexity index is 2180. The Labute approximate surface area is 597 Å². The molecule has 5 aliphatic heterocycles. The fourth-order valence-corrected chi connectivity index (χ4v) is 13.1. The van der Waals surface area contributed by atoms with Crippen molar-refractivity contribution < 1.29 is 47.9 Å². The maximum atomic E-state index is 12.1. The minimum Gasteiger partial charge on any atom is -0.356 e. The summed E-state index contributed by atoms with van der Waals surface area (Å²) in [5.74, 6) is 0.737. The van der Waals surface area contributed by atoms with Crippen molar-refractivity contribution in [2.45, 2.75) is 326 Å². The highest BCUT2D eigenvalue weighted by molar-refractivity contribution is 5.92. The van der Waals surface area contributed by atoms with E-state index in [0.717, 1.165) is 129 Å². The second-order valence-electron chi connectivity index (χ2n) is 28.5. The van der Waals surface area contributed by atoms with Gasteiger partial charge < -0.3 is 45.8 Å². The number of amides is 9. The third kappa shape index (κ3) is 41.6. The lowest BCUT2D eigenvalue weighted by Crippen LogP contribution is -2.33. The van der Waals surface area contributed by atoms with Crippen LogP contribution in [-0.4, -0.2) is 175 Å². The van der Waals surface area contributed by atoms with Crippen molar-refractivity contribution in [2.24, 2.45) is 29.6 Å². The molecule has 0 aromatic carbocycles. The molecule has 5 heterocycles. The number of nitrogens with one attached hydrogen (secondary N) is 4. The monoisotopic (exact) mass is 1380 g/mol. The van der Waals surface area contributed by atoms with Gasteiger partial charge in [0.1, 0.15) is 5.78 Å². The Morgan fingerprint density at radius 1 is 0.265 bits per heavy atom. The fourth-order valence-electron chi connectivity index (χ4n) is 13.1. The van der Waals surface area contributed by atoms with Gasteiger partial charge in [0.25, 0.3) is 0 Å². The summed E-state index contributed by atoms with van der Waals surface area (Å²) in [7, 11) is 0. The molecule has 0 radical (unpaired) electrons. The lowest BCUT2D eigenvalue weighted by molar-refractivity contribution is -0.129. The van der Waals surface area contributed by atoms with E-state index in [1.165, 1.54) is 141 Å². The molecule has 0 aromatic heterocycles. The molecule has 5 unspecified atom stereocenters. The molecule has 0 saturated carbocycles. The summed E-state index contributed by atoms with van der Waals surface area (Å²) in [5, 5.41) is 11.9. The van der Waals surface area contributed by atoms with Crippen LogP contribution in [0.3, 0.4) is 0 Å². The van der Waals surface area contributed by atoms with Gasteiger partial charge in [0.15, 0.2) is 0 Å². The van der Waals surface area contributed by atoms with Gasteiger partial charge in [-0.15, -0.1) is 0 Å². The molecule has 5 fully saturated rings. The minimum absolute atomic E-state index is 0.0183. The van der Waals surface area contributed by atoms with Crippen LogP contribution in [0.1, 0.15) is 326 Å². The standard InChI is InChI=1S/C18H34N2O2.C17H32N2O2.C16H30N2O2.C15H27NO2.C13H24N2O2/c1-3-5-7-9-11-13-20-15-16(14-17(20)21)18(22)19-12-10-8-6-4-2;1-3-5-7-9-11-18-17(21)15-13-16(20)19(14-15)12-10-8-6-4-2;1-3-5-7-8-10-17-16(20)14-12-15(19)18(13-14)11-9-6-4-2;1-3-5-6-7-8-9-14(17)13-11-15(18)16(12-13)10-4-2;1-3-5-6-7-8-14-13(17)11-9-12(16)15(4-2)10-11/h16H,3-15H2,1-2H3,(H,19,22);15H,3-14H2,1-2H3,(H,18,21);14H,3-13H2,1-2H3,(H,17,20);13H,3-12H2,1-2H3;11H,3-10H2,1-2H3,(H,14,17). The molecule has 19 nitrogen and oxygen atoms in total. The first-order valence-electron chi connectivity index (χ1n) is 40.5. The third-order valence-electron chi connectivity index (χ3n) is 19.6. The Hall–Kier alpha value is -5.10. The number of hydrogen-bond donors (Lipinski definition) is 4. The Kier molecular flexibility index (Phi) is 55.3. The molecule has 5 atom stereocenters. The van der Waals surface area contributed by atoms with E-state index in [2.05, 4.69) is 83.6 Å². The van der Waals surface area contributed by atoms with E-state index in [0.29, 0.717) is 83.6 Å². The quantitative estimate of drug-likeness (QED) is 0.0421. The topological polar surface area (TPSA) is 235 Å². The normalized spacial score (nSPS) is 18.8. The molecule has 19 heteroatoms. The van der Waals surface area contributed by atoms with E-state index in [9.17, 15) is 47.9 Å². The highest BCUT2D eigenvalue weighted by Gasteiger charge is 2.37. The number of carbonyl (C=O) groups is 10. The van der Waals surface area contributed by atoms with E-state index in [4.69, 9.17) is 0 Å². The van der Waals surface area contributed by atoms with Gasteiger partial charge >= 0.3 is 0 Å².